The maximum atomic E-state index is 13.1. The lowest BCUT2D eigenvalue weighted by Gasteiger charge is -2.00. The van der Waals surface area contributed by atoms with E-state index in [1.807, 2.05) is 6.07 Å². The van der Waals surface area contributed by atoms with Gasteiger partial charge in [-0.2, -0.15) is 5.21 Å². The summed E-state index contributed by atoms with van der Waals surface area (Å²) in [5, 5.41) is 15.4. The highest BCUT2D eigenvalue weighted by Crippen LogP contribution is 2.47. The summed E-state index contributed by atoms with van der Waals surface area (Å²) in [5.41, 5.74) is 0.850. The van der Waals surface area contributed by atoms with Gasteiger partial charge in [-0.15, -0.1) is 5.10 Å². The number of amides is 1. The van der Waals surface area contributed by atoms with Crippen LogP contribution < -0.4 is 5.32 Å². The van der Waals surface area contributed by atoms with E-state index in [2.05, 4.69) is 25.9 Å². The van der Waals surface area contributed by atoms with Gasteiger partial charge in [0.05, 0.1) is 0 Å². The van der Waals surface area contributed by atoms with Gasteiger partial charge in [0.25, 0.3) is 5.95 Å². The van der Waals surface area contributed by atoms with E-state index in [9.17, 15) is 9.18 Å². The molecule has 1 aromatic heterocycles. The molecule has 1 heterocycles. The molecular weight excluding hydrogens is 237 g/mol. The Morgan fingerprint density at radius 2 is 2.39 bits per heavy atom. The van der Waals surface area contributed by atoms with Gasteiger partial charge in [0.2, 0.25) is 5.91 Å². The molecular formula is C11H10FN5O. The molecule has 1 aliphatic rings. The van der Waals surface area contributed by atoms with Gasteiger partial charge in [0, 0.05) is 5.92 Å². The Morgan fingerprint density at radius 3 is 3.11 bits per heavy atom. The standard InChI is InChI=1S/C11H10FN5O/c12-7-3-1-2-6(4-7)8-5-9(8)10(18)13-11-14-16-17-15-11/h1-4,8-9H,5H2,(H2,13,14,15,16,17,18)/t8-,9+/m0/s1. The third-order valence-corrected chi connectivity index (χ3v) is 2.98. The summed E-state index contributed by atoms with van der Waals surface area (Å²) in [6.07, 6.45) is 0.715. The predicted octanol–water partition coefficient (Wildman–Crippen LogP) is 1.08. The molecule has 1 aromatic carbocycles. The first-order valence-electron chi connectivity index (χ1n) is 5.54. The highest BCUT2D eigenvalue weighted by atomic mass is 19.1. The number of rotatable bonds is 3. The van der Waals surface area contributed by atoms with Crippen molar-refractivity contribution < 1.29 is 9.18 Å². The van der Waals surface area contributed by atoms with Crippen LogP contribution in [0.1, 0.15) is 17.9 Å². The van der Waals surface area contributed by atoms with Crippen molar-refractivity contribution in [3.05, 3.63) is 35.6 Å². The molecule has 7 heteroatoms. The second kappa shape index (κ2) is 4.17. The number of tetrazole rings is 1. The lowest BCUT2D eigenvalue weighted by molar-refractivity contribution is -0.117. The van der Waals surface area contributed by atoms with E-state index in [0.717, 1.165) is 5.56 Å². The number of aromatic nitrogens is 4. The largest absolute Gasteiger partial charge is 0.292 e. The Morgan fingerprint density at radius 1 is 1.50 bits per heavy atom. The molecule has 1 amide bonds. The van der Waals surface area contributed by atoms with Crippen molar-refractivity contribution in [1.29, 1.82) is 0 Å². The van der Waals surface area contributed by atoms with Crippen molar-refractivity contribution in [2.45, 2.75) is 12.3 Å². The van der Waals surface area contributed by atoms with E-state index in [4.69, 9.17) is 0 Å². The normalized spacial score (nSPS) is 21.6. The average molecular weight is 247 g/mol. The van der Waals surface area contributed by atoms with Crippen LogP contribution in [0.15, 0.2) is 24.3 Å². The van der Waals surface area contributed by atoms with Crippen LogP contribution in [0.2, 0.25) is 0 Å². The molecule has 0 aliphatic heterocycles. The molecule has 0 unspecified atom stereocenters. The minimum Gasteiger partial charge on any atom is -0.292 e. The van der Waals surface area contributed by atoms with Crippen LogP contribution in [0.5, 0.6) is 0 Å². The number of hydrogen-bond donors (Lipinski definition) is 2. The molecule has 2 N–H and O–H groups in total. The van der Waals surface area contributed by atoms with Crippen molar-refractivity contribution in [1.82, 2.24) is 20.6 Å². The number of halogens is 1. The summed E-state index contributed by atoms with van der Waals surface area (Å²) >= 11 is 0. The Bertz CT molecular complexity index is 571. The Hall–Kier alpha value is -2.31. The van der Waals surface area contributed by atoms with Crippen molar-refractivity contribution in [2.75, 3.05) is 5.32 Å². The summed E-state index contributed by atoms with van der Waals surface area (Å²) in [7, 11) is 0. The number of nitrogens with zero attached hydrogens (tertiary/aromatic N) is 3. The molecule has 92 valence electrons. The number of aromatic amines is 1. The molecule has 6 nitrogen and oxygen atoms in total. The third kappa shape index (κ3) is 2.06. The van der Waals surface area contributed by atoms with E-state index in [-0.39, 0.29) is 29.5 Å². The zero-order chi connectivity index (χ0) is 12.5. The molecule has 18 heavy (non-hydrogen) atoms. The van der Waals surface area contributed by atoms with Gasteiger partial charge in [0.15, 0.2) is 0 Å². The number of nitrogens with one attached hydrogen (secondary N) is 2. The number of hydrogen-bond acceptors (Lipinski definition) is 4. The molecule has 0 spiro atoms. The molecule has 2 aromatic rings. The molecule has 0 saturated heterocycles. The quantitative estimate of drug-likeness (QED) is 0.850. The fourth-order valence-electron chi connectivity index (χ4n) is 2.01. The van der Waals surface area contributed by atoms with Crippen molar-refractivity contribution >= 4 is 11.9 Å². The first kappa shape index (κ1) is 10.8. The van der Waals surface area contributed by atoms with Gasteiger partial charge < -0.3 is 0 Å². The highest BCUT2D eigenvalue weighted by Gasteiger charge is 2.44. The van der Waals surface area contributed by atoms with Gasteiger partial charge in [0.1, 0.15) is 5.82 Å². The minimum absolute atomic E-state index is 0.0765. The second-order valence-electron chi connectivity index (χ2n) is 4.23. The molecule has 1 fully saturated rings. The monoisotopic (exact) mass is 247 g/mol. The molecule has 1 saturated carbocycles. The molecule has 3 rings (SSSR count). The lowest BCUT2D eigenvalue weighted by atomic mass is 10.1. The Balaban J connectivity index is 1.65. The highest BCUT2D eigenvalue weighted by molar-refractivity contribution is 5.93. The topological polar surface area (TPSA) is 83.6 Å². The van der Waals surface area contributed by atoms with Crippen LogP contribution in [0.3, 0.4) is 0 Å². The van der Waals surface area contributed by atoms with Gasteiger partial charge in [-0.1, -0.05) is 17.2 Å². The minimum atomic E-state index is -0.281. The number of H-pyrrole nitrogens is 1. The van der Waals surface area contributed by atoms with E-state index >= 15 is 0 Å². The van der Waals surface area contributed by atoms with Crippen LogP contribution in [-0.4, -0.2) is 26.5 Å². The zero-order valence-corrected chi connectivity index (χ0v) is 9.30. The van der Waals surface area contributed by atoms with Crippen LogP contribution in [0.25, 0.3) is 0 Å². The molecule has 2 atom stereocenters. The van der Waals surface area contributed by atoms with Crippen LogP contribution in [0, 0.1) is 11.7 Å². The van der Waals surface area contributed by atoms with Crippen LogP contribution in [-0.2, 0) is 4.79 Å². The number of carbonyl (C=O) groups excluding carboxylic acids is 1. The van der Waals surface area contributed by atoms with E-state index in [0.29, 0.717) is 6.42 Å². The maximum absolute atomic E-state index is 13.1. The molecule has 1 aliphatic carbocycles. The first-order valence-corrected chi connectivity index (χ1v) is 5.54. The van der Waals surface area contributed by atoms with Crippen LogP contribution >= 0.6 is 0 Å². The summed E-state index contributed by atoms with van der Waals surface area (Å²) in [5.74, 6) is -0.356. The lowest BCUT2D eigenvalue weighted by Crippen LogP contribution is -2.15. The fourth-order valence-corrected chi connectivity index (χ4v) is 2.01. The van der Waals surface area contributed by atoms with Crippen LogP contribution in [0.4, 0.5) is 10.3 Å². The Kier molecular flexibility index (Phi) is 2.51. The van der Waals surface area contributed by atoms with E-state index < -0.39 is 0 Å². The second-order valence-corrected chi connectivity index (χ2v) is 4.23. The first-order chi connectivity index (χ1) is 8.74. The van der Waals surface area contributed by atoms with Crippen molar-refractivity contribution in [2.24, 2.45) is 5.92 Å². The predicted molar refractivity (Wildman–Crippen MR) is 60.1 cm³/mol. The number of carbonyl (C=O) groups is 1. The average Bonchev–Trinajstić information content (AvgIpc) is 3.01. The number of benzene rings is 1. The van der Waals surface area contributed by atoms with Crippen molar-refractivity contribution in [3.8, 4) is 0 Å². The summed E-state index contributed by atoms with van der Waals surface area (Å²) in [6.45, 7) is 0. The van der Waals surface area contributed by atoms with Gasteiger partial charge in [-0.05, 0) is 35.2 Å². The Labute approximate surface area is 102 Å². The van der Waals surface area contributed by atoms with E-state index in [1.165, 1.54) is 12.1 Å². The summed E-state index contributed by atoms with van der Waals surface area (Å²) in [6, 6.07) is 6.33. The third-order valence-electron chi connectivity index (χ3n) is 2.98. The maximum Gasteiger partial charge on any atom is 0.269 e. The van der Waals surface area contributed by atoms with Gasteiger partial charge in [-0.25, -0.2) is 4.39 Å². The smallest absolute Gasteiger partial charge is 0.269 e. The summed E-state index contributed by atoms with van der Waals surface area (Å²) in [4.78, 5) is 11.8. The molecule has 0 bridgehead atoms. The SMILES string of the molecule is O=C(Nc1nn[nH]n1)[C@@H]1C[C@H]1c1cccc(F)c1. The zero-order valence-electron chi connectivity index (χ0n) is 9.30. The van der Waals surface area contributed by atoms with Gasteiger partial charge >= 0.3 is 0 Å². The molecule has 0 radical (unpaired) electrons. The fraction of sp³-hybridized carbons (Fsp3) is 0.273. The van der Waals surface area contributed by atoms with E-state index in [1.54, 1.807) is 6.07 Å². The number of anilines is 1. The van der Waals surface area contributed by atoms with Gasteiger partial charge in [-0.3, -0.25) is 10.1 Å². The summed E-state index contributed by atoms with van der Waals surface area (Å²) < 4.78 is 13.1. The van der Waals surface area contributed by atoms with Crippen molar-refractivity contribution in [3.63, 3.8) is 0 Å².